The first-order chi connectivity index (χ1) is 12.5. The number of nitro benzene ring substituents is 1. The molecule has 0 spiro atoms. The number of ether oxygens (including phenoxy) is 1. The van der Waals surface area contributed by atoms with Crippen LogP contribution in [0.25, 0.3) is 0 Å². The minimum atomic E-state index is -0.529. The topological polar surface area (TPSA) is 98.5 Å². The van der Waals surface area contributed by atoms with Crippen molar-refractivity contribution in [2.45, 2.75) is 26.2 Å². The lowest BCUT2D eigenvalue weighted by Crippen LogP contribution is -2.16. The van der Waals surface area contributed by atoms with E-state index in [-0.39, 0.29) is 25.1 Å². The van der Waals surface area contributed by atoms with Gasteiger partial charge in [-0.1, -0.05) is 36.4 Å². The Morgan fingerprint density at radius 3 is 2.54 bits per heavy atom. The number of nitro groups is 1. The van der Waals surface area contributed by atoms with Crippen LogP contribution in [0.5, 0.6) is 0 Å². The highest BCUT2D eigenvalue weighted by Gasteiger charge is 2.13. The Balaban J connectivity index is 1.75. The van der Waals surface area contributed by atoms with E-state index in [0.717, 1.165) is 5.56 Å². The first-order valence-electron chi connectivity index (χ1n) is 8.20. The van der Waals surface area contributed by atoms with Crippen molar-refractivity contribution < 1.29 is 19.2 Å². The van der Waals surface area contributed by atoms with Crippen LogP contribution in [0.15, 0.2) is 48.5 Å². The third-order valence-corrected chi connectivity index (χ3v) is 3.76. The summed E-state index contributed by atoms with van der Waals surface area (Å²) in [7, 11) is 0. The fourth-order valence-corrected chi connectivity index (χ4v) is 2.29. The number of benzene rings is 2. The number of nitrogens with one attached hydrogen (secondary N) is 1. The van der Waals surface area contributed by atoms with E-state index in [0.29, 0.717) is 17.7 Å². The summed E-state index contributed by atoms with van der Waals surface area (Å²) >= 11 is 0. The summed E-state index contributed by atoms with van der Waals surface area (Å²) in [6.07, 6.45) is 0.520. The van der Waals surface area contributed by atoms with E-state index in [4.69, 9.17) is 4.74 Å². The Kier molecular flexibility index (Phi) is 6.84. The molecular weight excluding hydrogens is 336 g/mol. The number of rotatable bonds is 8. The maximum absolute atomic E-state index is 12.0. The fourth-order valence-electron chi connectivity index (χ4n) is 2.29. The van der Waals surface area contributed by atoms with Gasteiger partial charge in [0.1, 0.15) is 0 Å². The minimum Gasteiger partial charge on any atom is -0.465 e. The molecule has 2 rings (SSSR count). The van der Waals surface area contributed by atoms with Crippen LogP contribution in [-0.2, 0) is 20.7 Å². The standard InChI is InChI=1S/C19H20N2O5/c1-14-7-8-16(21(24)25)13-17(14)20-18(22)9-10-19(23)26-12-11-15-5-3-2-4-6-15/h2-8,13H,9-12H2,1H3,(H,20,22). The lowest BCUT2D eigenvalue weighted by atomic mass is 10.1. The van der Waals surface area contributed by atoms with Gasteiger partial charge in [-0.25, -0.2) is 0 Å². The van der Waals surface area contributed by atoms with E-state index in [1.807, 2.05) is 30.3 Å². The van der Waals surface area contributed by atoms with Gasteiger partial charge in [0.05, 0.1) is 23.6 Å². The zero-order chi connectivity index (χ0) is 18.9. The van der Waals surface area contributed by atoms with E-state index in [1.54, 1.807) is 13.0 Å². The van der Waals surface area contributed by atoms with E-state index < -0.39 is 16.8 Å². The zero-order valence-electron chi connectivity index (χ0n) is 14.4. The van der Waals surface area contributed by atoms with Gasteiger partial charge < -0.3 is 10.1 Å². The maximum atomic E-state index is 12.0. The van der Waals surface area contributed by atoms with Crippen LogP contribution in [0.1, 0.15) is 24.0 Å². The summed E-state index contributed by atoms with van der Waals surface area (Å²) in [5, 5.41) is 13.4. The molecule has 0 unspecified atom stereocenters. The summed E-state index contributed by atoms with van der Waals surface area (Å²) in [6, 6.07) is 13.9. The van der Waals surface area contributed by atoms with Gasteiger partial charge in [-0.3, -0.25) is 19.7 Å². The molecule has 0 saturated carbocycles. The van der Waals surface area contributed by atoms with Crippen LogP contribution in [-0.4, -0.2) is 23.4 Å². The molecule has 0 bridgehead atoms. The molecule has 0 radical (unpaired) electrons. The highest BCUT2D eigenvalue weighted by molar-refractivity contribution is 5.93. The summed E-state index contributed by atoms with van der Waals surface area (Å²) in [5.41, 5.74) is 2.03. The molecule has 26 heavy (non-hydrogen) atoms. The Bertz CT molecular complexity index is 790. The predicted molar refractivity (Wildman–Crippen MR) is 96.8 cm³/mol. The molecule has 0 saturated heterocycles. The summed E-state index contributed by atoms with van der Waals surface area (Å²) in [5.74, 6) is -0.847. The van der Waals surface area contributed by atoms with Crippen molar-refractivity contribution in [3.05, 3.63) is 69.8 Å². The molecule has 0 aliphatic rings. The van der Waals surface area contributed by atoms with Gasteiger partial charge in [0.2, 0.25) is 5.91 Å². The third-order valence-electron chi connectivity index (χ3n) is 3.76. The minimum absolute atomic E-state index is 0.0470. The summed E-state index contributed by atoms with van der Waals surface area (Å²) in [6.45, 7) is 1.99. The Hall–Kier alpha value is -3.22. The van der Waals surface area contributed by atoms with Gasteiger partial charge in [0, 0.05) is 25.0 Å². The number of carbonyl (C=O) groups excluding carboxylic acids is 2. The molecule has 0 atom stereocenters. The average molecular weight is 356 g/mol. The number of amides is 1. The lowest BCUT2D eigenvalue weighted by Gasteiger charge is -2.08. The molecule has 1 N–H and O–H groups in total. The van der Waals surface area contributed by atoms with Crippen LogP contribution < -0.4 is 5.32 Å². The SMILES string of the molecule is Cc1ccc([N+](=O)[O-])cc1NC(=O)CCC(=O)OCCc1ccccc1. The predicted octanol–water partition coefficient (Wildman–Crippen LogP) is 3.41. The third kappa shape index (κ3) is 6.01. The molecule has 0 aromatic heterocycles. The molecular formula is C19H20N2O5. The van der Waals surface area contributed by atoms with Gasteiger partial charge in [-0.15, -0.1) is 0 Å². The number of hydrogen-bond acceptors (Lipinski definition) is 5. The van der Waals surface area contributed by atoms with Crippen molar-refractivity contribution in [3.8, 4) is 0 Å². The van der Waals surface area contributed by atoms with E-state index in [1.165, 1.54) is 12.1 Å². The van der Waals surface area contributed by atoms with Crippen LogP contribution in [0.4, 0.5) is 11.4 Å². The maximum Gasteiger partial charge on any atom is 0.306 e. The van der Waals surface area contributed by atoms with Gasteiger partial charge in [0.15, 0.2) is 0 Å². The van der Waals surface area contributed by atoms with Crippen LogP contribution in [0.2, 0.25) is 0 Å². The molecule has 7 nitrogen and oxygen atoms in total. The summed E-state index contributed by atoms with van der Waals surface area (Å²) in [4.78, 5) is 33.9. The zero-order valence-corrected chi connectivity index (χ0v) is 14.4. The number of anilines is 1. The van der Waals surface area contributed by atoms with E-state index >= 15 is 0 Å². The fraction of sp³-hybridized carbons (Fsp3) is 0.263. The van der Waals surface area contributed by atoms with Crippen molar-refractivity contribution in [2.75, 3.05) is 11.9 Å². The Morgan fingerprint density at radius 1 is 1.12 bits per heavy atom. The van der Waals surface area contributed by atoms with Crippen molar-refractivity contribution in [1.29, 1.82) is 0 Å². The van der Waals surface area contributed by atoms with E-state index in [2.05, 4.69) is 5.32 Å². The van der Waals surface area contributed by atoms with Crippen molar-refractivity contribution in [1.82, 2.24) is 0 Å². The molecule has 1 amide bonds. The number of esters is 1. The highest BCUT2D eigenvalue weighted by atomic mass is 16.6. The average Bonchev–Trinajstić information content (AvgIpc) is 2.62. The second-order valence-corrected chi connectivity index (χ2v) is 5.76. The van der Waals surface area contributed by atoms with Crippen LogP contribution in [0.3, 0.4) is 0 Å². The number of nitrogens with zero attached hydrogens (tertiary/aromatic N) is 1. The van der Waals surface area contributed by atoms with Crippen molar-refractivity contribution in [2.24, 2.45) is 0 Å². The first-order valence-corrected chi connectivity index (χ1v) is 8.20. The second kappa shape index (κ2) is 9.31. The lowest BCUT2D eigenvalue weighted by molar-refractivity contribution is -0.384. The number of non-ortho nitro benzene ring substituents is 1. The Morgan fingerprint density at radius 2 is 1.85 bits per heavy atom. The first kappa shape index (κ1) is 19.1. The second-order valence-electron chi connectivity index (χ2n) is 5.76. The largest absolute Gasteiger partial charge is 0.465 e. The number of hydrogen-bond donors (Lipinski definition) is 1. The molecule has 136 valence electrons. The molecule has 2 aromatic carbocycles. The van der Waals surface area contributed by atoms with Gasteiger partial charge >= 0.3 is 5.97 Å². The monoisotopic (exact) mass is 356 g/mol. The number of carbonyl (C=O) groups is 2. The normalized spacial score (nSPS) is 10.2. The van der Waals surface area contributed by atoms with Crippen molar-refractivity contribution >= 4 is 23.3 Å². The molecule has 0 aliphatic carbocycles. The van der Waals surface area contributed by atoms with Crippen LogP contribution in [0, 0.1) is 17.0 Å². The van der Waals surface area contributed by atoms with Crippen LogP contribution >= 0.6 is 0 Å². The van der Waals surface area contributed by atoms with E-state index in [9.17, 15) is 19.7 Å². The van der Waals surface area contributed by atoms with Crippen molar-refractivity contribution in [3.63, 3.8) is 0 Å². The van der Waals surface area contributed by atoms with Gasteiger partial charge in [0.25, 0.3) is 5.69 Å². The highest BCUT2D eigenvalue weighted by Crippen LogP contribution is 2.22. The van der Waals surface area contributed by atoms with Gasteiger partial charge in [-0.05, 0) is 18.1 Å². The molecule has 2 aromatic rings. The smallest absolute Gasteiger partial charge is 0.306 e. The molecule has 0 heterocycles. The summed E-state index contributed by atoms with van der Waals surface area (Å²) < 4.78 is 5.11. The number of aryl methyl sites for hydroxylation is 1. The molecule has 7 heteroatoms. The molecule has 0 aliphatic heterocycles. The molecule has 0 fully saturated rings. The quantitative estimate of drug-likeness (QED) is 0.444. The van der Waals surface area contributed by atoms with Gasteiger partial charge in [-0.2, -0.15) is 0 Å². The Labute approximate surface area is 151 Å².